The first kappa shape index (κ1) is 31.0. The first-order valence-electron chi connectivity index (χ1n) is 13.5. The number of rotatable bonds is 10. The van der Waals surface area contributed by atoms with E-state index in [4.69, 9.17) is 4.74 Å². The van der Waals surface area contributed by atoms with Gasteiger partial charge in [0.15, 0.2) is 11.0 Å². The Bertz CT molecular complexity index is 1640. The van der Waals surface area contributed by atoms with Crippen LogP contribution in [0, 0.1) is 6.92 Å². The molecule has 44 heavy (non-hydrogen) atoms. The summed E-state index contributed by atoms with van der Waals surface area (Å²) in [5.74, 6) is 0.930. The number of thioether (sulfide) groups is 1. The van der Waals surface area contributed by atoms with Crippen LogP contribution in [0.4, 0.5) is 18.9 Å². The number of aliphatic hydroxyl groups excluding tert-OH is 1. The van der Waals surface area contributed by atoms with Crippen LogP contribution in [0.15, 0.2) is 78.0 Å². The van der Waals surface area contributed by atoms with Crippen molar-refractivity contribution < 1.29 is 32.5 Å². The fraction of sp³-hybridized carbons (Fsp3) is 0.267. The molecule has 10 nitrogen and oxygen atoms in total. The number of anilines is 1. The van der Waals surface area contributed by atoms with Crippen molar-refractivity contribution >= 4 is 28.5 Å². The molecule has 5 rings (SSSR count). The molecule has 3 aromatic carbocycles. The predicted octanol–water partition coefficient (Wildman–Crippen LogP) is 5.08. The molecule has 0 radical (unpaired) electrons. The van der Waals surface area contributed by atoms with Crippen LogP contribution in [0.2, 0.25) is 0 Å². The van der Waals surface area contributed by atoms with Crippen LogP contribution >= 0.6 is 11.8 Å². The summed E-state index contributed by atoms with van der Waals surface area (Å²) in [5.41, 5.74) is 3.82. The van der Waals surface area contributed by atoms with Gasteiger partial charge in [0.1, 0.15) is 17.8 Å². The first-order chi connectivity index (χ1) is 21.0. The molecule has 1 saturated heterocycles. The highest BCUT2D eigenvalue weighted by Gasteiger charge is 2.32. The van der Waals surface area contributed by atoms with E-state index in [0.29, 0.717) is 34.5 Å². The lowest BCUT2D eigenvalue weighted by molar-refractivity contribution is -0.274. The van der Waals surface area contributed by atoms with Gasteiger partial charge in [-0.3, -0.25) is 15.0 Å². The van der Waals surface area contributed by atoms with E-state index >= 15 is 0 Å². The largest absolute Gasteiger partial charge is 0.573 e. The van der Waals surface area contributed by atoms with Crippen LogP contribution in [0.3, 0.4) is 0 Å². The molecule has 2 N–H and O–H groups in total. The number of hydrogen-bond donors (Lipinski definition) is 2. The van der Waals surface area contributed by atoms with Crippen LogP contribution in [0.25, 0.3) is 17.1 Å². The normalized spacial score (nSPS) is 15.9. The van der Waals surface area contributed by atoms with Gasteiger partial charge >= 0.3 is 6.36 Å². The summed E-state index contributed by atoms with van der Waals surface area (Å²) in [7, 11) is 1.58. The minimum absolute atomic E-state index is 0.116. The van der Waals surface area contributed by atoms with Crippen LogP contribution in [0.1, 0.15) is 18.1 Å². The minimum Gasteiger partial charge on any atom is -0.497 e. The summed E-state index contributed by atoms with van der Waals surface area (Å²) in [5, 5.41) is 18.6. The van der Waals surface area contributed by atoms with Crippen molar-refractivity contribution in [3.05, 3.63) is 84.2 Å². The van der Waals surface area contributed by atoms with Gasteiger partial charge in [0.25, 0.3) is 0 Å². The summed E-state index contributed by atoms with van der Waals surface area (Å²) in [6, 6.07) is 18.2. The summed E-state index contributed by atoms with van der Waals surface area (Å²) in [6.45, 7) is 3.80. The Labute approximate surface area is 255 Å². The number of nitrogens with one attached hydrogen (secondary N) is 1. The number of methoxy groups -OCH3 is 1. The van der Waals surface area contributed by atoms with Gasteiger partial charge < -0.3 is 14.6 Å². The van der Waals surface area contributed by atoms with E-state index < -0.39 is 12.7 Å². The zero-order valence-corrected chi connectivity index (χ0v) is 24.8. The number of carbonyl (C=O) groups is 1. The van der Waals surface area contributed by atoms with E-state index in [1.807, 2.05) is 44.2 Å². The van der Waals surface area contributed by atoms with Crippen molar-refractivity contribution in [1.82, 2.24) is 20.1 Å². The van der Waals surface area contributed by atoms with Gasteiger partial charge in [0.2, 0.25) is 12.3 Å². The van der Waals surface area contributed by atoms with Crippen molar-refractivity contribution in [3.8, 4) is 28.6 Å². The van der Waals surface area contributed by atoms with Gasteiger partial charge in [-0.25, -0.2) is 14.7 Å². The Balaban J connectivity index is 1.18. The number of aliphatic imine (C=N–C) groups is 1. The van der Waals surface area contributed by atoms with E-state index in [0.717, 1.165) is 16.7 Å². The number of carbonyl (C=O) groups excluding carboxylic acids is 1. The monoisotopic (exact) mass is 626 g/mol. The number of hydrogen-bond acceptors (Lipinski definition) is 9. The van der Waals surface area contributed by atoms with Crippen LogP contribution in [-0.4, -0.2) is 62.6 Å². The molecule has 0 spiro atoms. The van der Waals surface area contributed by atoms with Crippen molar-refractivity contribution in [2.24, 2.45) is 4.99 Å². The van der Waals surface area contributed by atoms with Crippen molar-refractivity contribution in [2.45, 2.75) is 39.0 Å². The van der Waals surface area contributed by atoms with Crippen molar-refractivity contribution in [1.29, 1.82) is 0 Å². The molecule has 230 valence electrons. The van der Waals surface area contributed by atoms with Gasteiger partial charge in [-0.15, -0.1) is 18.3 Å². The predicted molar refractivity (Wildman–Crippen MR) is 161 cm³/mol. The Morgan fingerprint density at radius 3 is 2.45 bits per heavy atom. The van der Waals surface area contributed by atoms with Gasteiger partial charge in [0, 0.05) is 11.6 Å². The van der Waals surface area contributed by atoms with Crippen LogP contribution in [-0.2, 0) is 11.2 Å². The van der Waals surface area contributed by atoms with Crippen molar-refractivity contribution in [2.75, 3.05) is 17.8 Å². The van der Waals surface area contributed by atoms with Crippen LogP contribution < -0.4 is 19.7 Å². The van der Waals surface area contributed by atoms with Gasteiger partial charge in [0.05, 0.1) is 24.2 Å². The third-order valence-electron chi connectivity index (χ3n) is 6.66. The maximum Gasteiger partial charge on any atom is 0.573 e. The molecule has 2 unspecified atom stereocenters. The number of ether oxygens (including phenoxy) is 2. The van der Waals surface area contributed by atoms with E-state index in [2.05, 4.69) is 25.1 Å². The van der Waals surface area contributed by atoms with E-state index in [-0.39, 0.29) is 23.5 Å². The Morgan fingerprint density at radius 2 is 1.80 bits per heavy atom. The molecular formula is C30H29F3N6O4S. The number of halogens is 3. The fourth-order valence-electron chi connectivity index (χ4n) is 4.62. The number of nitrogens with zero attached hydrogens (tertiary/aromatic N) is 5. The molecule has 2 atom stereocenters. The molecule has 2 heterocycles. The molecule has 1 aromatic heterocycles. The smallest absolute Gasteiger partial charge is 0.497 e. The fourth-order valence-corrected chi connectivity index (χ4v) is 5.50. The number of aliphatic hydroxyl groups is 1. The number of aryl methyl sites for hydroxylation is 1. The minimum atomic E-state index is -4.76. The van der Waals surface area contributed by atoms with Crippen LogP contribution in [0.5, 0.6) is 11.5 Å². The number of amides is 1. The second-order valence-corrected chi connectivity index (χ2v) is 10.9. The van der Waals surface area contributed by atoms with E-state index in [1.165, 1.54) is 51.9 Å². The number of benzene rings is 3. The highest BCUT2D eigenvalue weighted by atomic mass is 32.2. The summed E-state index contributed by atoms with van der Waals surface area (Å²) in [4.78, 5) is 22.8. The SMILES string of the molecule is COc1ccc(N2C(=O)CSC2=NC(O)NC(C)Cc2ccc(-c3ncn(-c4ccc(OC(F)(F)F)cc4)n3)cc2)c(C)c1. The maximum absolute atomic E-state index is 12.6. The highest BCUT2D eigenvalue weighted by Crippen LogP contribution is 2.32. The molecule has 14 heteroatoms. The molecule has 1 aliphatic rings. The Morgan fingerprint density at radius 1 is 1.09 bits per heavy atom. The molecule has 4 aromatic rings. The van der Waals surface area contributed by atoms with Gasteiger partial charge in [-0.2, -0.15) is 0 Å². The molecule has 0 aliphatic carbocycles. The third kappa shape index (κ3) is 7.56. The first-order valence-corrected chi connectivity index (χ1v) is 14.5. The Kier molecular flexibility index (Phi) is 9.22. The number of amidine groups is 1. The molecule has 1 amide bonds. The lowest BCUT2D eigenvalue weighted by Gasteiger charge is -2.21. The van der Waals surface area contributed by atoms with Crippen molar-refractivity contribution in [3.63, 3.8) is 0 Å². The van der Waals surface area contributed by atoms with Gasteiger partial charge in [-0.05, 0) is 73.9 Å². The maximum atomic E-state index is 12.6. The lowest BCUT2D eigenvalue weighted by Crippen LogP contribution is -2.38. The van der Waals surface area contributed by atoms with Gasteiger partial charge in [-0.1, -0.05) is 36.0 Å². The second-order valence-electron chi connectivity index (χ2n) is 9.98. The molecule has 1 aliphatic heterocycles. The molecule has 1 fully saturated rings. The third-order valence-corrected chi connectivity index (χ3v) is 7.59. The zero-order valence-electron chi connectivity index (χ0n) is 23.9. The number of aromatic nitrogens is 3. The second kappa shape index (κ2) is 13.1. The van der Waals surface area contributed by atoms with E-state index in [1.54, 1.807) is 19.2 Å². The summed E-state index contributed by atoms with van der Waals surface area (Å²) >= 11 is 1.27. The number of alkyl halides is 3. The average Bonchev–Trinajstić information content (AvgIpc) is 3.60. The topological polar surface area (TPSA) is 114 Å². The Hall–Kier alpha value is -4.40. The molecule has 0 bridgehead atoms. The zero-order chi connectivity index (χ0) is 31.4. The average molecular weight is 627 g/mol. The molecular weight excluding hydrogens is 597 g/mol. The highest BCUT2D eigenvalue weighted by molar-refractivity contribution is 8.15. The molecule has 0 saturated carbocycles. The standard InChI is InChI=1S/C30H29F3N6O4S/c1-18-14-24(42-3)12-13-25(18)39-26(40)16-44-29(39)36-28(41)35-19(2)15-20-4-6-21(7-5-20)27-34-17-38(37-27)22-8-10-23(11-9-22)43-30(31,32)33/h4-14,17,19,28,35,41H,15-16H2,1-3H3. The van der Waals surface area contributed by atoms with E-state index in [9.17, 15) is 23.1 Å². The lowest BCUT2D eigenvalue weighted by atomic mass is 10.0. The quantitative estimate of drug-likeness (QED) is 0.234. The summed E-state index contributed by atoms with van der Waals surface area (Å²) in [6.07, 6.45) is -3.91. The summed E-state index contributed by atoms with van der Waals surface area (Å²) < 4.78 is 47.8.